The number of primary amides is 1. The van der Waals surface area contributed by atoms with Crippen LogP contribution < -0.4 is 20.7 Å². The monoisotopic (exact) mass is 546 g/mol. The molecule has 212 valence electrons. The van der Waals surface area contributed by atoms with Gasteiger partial charge in [-0.3, -0.25) is 19.0 Å². The molecule has 1 aromatic heterocycles. The number of nitrogens with two attached hydrogens (primary N) is 1. The fourth-order valence-corrected chi connectivity index (χ4v) is 5.03. The summed E-state index contributed by atoms with van der Waals surface area (Å²) in [6, 6.07) is 8.13. The Kier molecular flexibility index (Phi) is 9.68. The van der Waals surface area contributed by atoms with Crippen molar-refractivity contribution in [2.75, 3.05) is 32.8 Å². The van der Waals surface area contributed by atoms with E-state index in [4.69, 9.17) is 15.2 Å². The number of benzene rings is 1. The van der Waals surface area contributed by atoms with Gasteiger partial charge in [-0.05, 0) is 49.0 Å². The first-order valence-electron chi connectivity index (χ1n) is 13.1. The molecule has 2 aliphatic heterocycles. The van der Waals surface area contributed by atoms with Crippen molar-refractivity contribution in [1.82, 2.24) is 20.5 Å². The molecule has 0 bridgehead atoms. The van der Waals surface area contributed by atoms with Crippen LogP contribution in [-0.4, -0.2) is 89.1 Å². The number of carboxylic acids is 1. The summed E-state index contributed by atoms with van der Waals surface area (Å²) in [5.74, 6) is -2.92. The van der Waals surface area contributed by atoms with Gasteiger partial charge in [0.15, 0.2) is 0 Å². The Morgan fingerprint density at radius 2 is 1.97 bits per heavy atom. The van der Waals surface area contributed by atoms with Crippen LogP contribution in [0.1, 0.15) is 48.2 Å². The number of hydrogen-bond donors (Lipinski definition) is 3. The molecule has 2 aliphatic rings. The Hall–Kier alpha value is -3.75. The lowest BCUT2D eigenvalue weighted by Crippen LogP contribution is -2.54. The van der Waals surface area contributed by atoms with Crippen LogP contribution in [0.3, 0.4) is 0 Å². The predicted molar refractivity (Wildman–Crippen MR) is 134 cm³/mol. The minimum atomic E-state index is -0.999. The van der Waals surface area contributed by atoms with Crippen LogP contribution in [0.2, 0.25) is 0 Å². The van der Waals surface area contributed by atoms with E-state index >= 15 is 0 Å². The van der Waals surface area contributed by atoms with Gasteiger partial charge in [0.25, 0.3) is 0 Å². The third-order valence-corrected chi connectivity index (χ3v) is 6.97. The summed E-state index contributed by atoms with van der Waals surface area (Å²) in [6.45, 7) is 1.77. The standard InChI is InChI=1S/C25H34N6O8/c26-22(32)21-23(31(36)39-28-21)37-14-15-38-25(35)19(9-8-17-6-2-1-3-7-17)27-18-10-13-29-11-4-5-12-30(29)20(16-18)24(33)34/h1-3,6-7,18-20,27H,4-5,8-16H2,(H2,26,32)(H,33,34)/t18-,19-,20+/m0/s1. The highest BCUT2D eigenvalue weighted by Crippen LogP contribution is 2.24. The summed E-state index contributed by atoms with van der Waals surface area (Å²) in [5.41, 5.74) is 5.73. The van der Waals surface area contributed by atoms with Gasteiger partial charge in [-0.2, -0.15) is 0 Å². The van der Waals surface area contributed by atoms with E-state index in [1.807, 2.05) is 35.3 Å². The molecule has 0 unspecified atom stereocenters. The smallest absolute Gasteiger partial charge is 0.386 e. The summed E-state index contributed by atoms with van der Waals surface area (Å²) in [7, 11) is 0. The molecule has 3 atom stereocenters. The molecule has 4 N–H and O–H groups in total. The largest absolute Gasteiger partial charge is 0.480 e. The van der Waals surface area contributed by atoms with Crippen molar-refractivity contribution in [2.24, 2.45) is 5.73 Å². The number of esters is 1. The van der Waals surface area contributed by atoms with E-state index in [0.29, 0.717) is 38.8 Å². The summed E-state index contributed by atoms with van der Waals surface area (Å²) in [4.78, 5) is 36.5. The van der Waals surface area contributed by atoms with Gasteiger partial charge >= 0.3 is 29.4 Å². The third kappa shape index (κ3) is 7.43. The van der Waals surface area contributed by atoms with E-state index in [1.54, 1.807) is 0 Å². The van der Waals surface area contributed by atoms with Gasteiger partial charge in [0, 0.05) is 25.7 Å². The molecule has 4 rings (SSSR count). The average Bonchev–Trinajstić information content (AvgIpc) is 3.19. The van der Waals surface area contributed by atoms with Gasteiger partial charge in [-0.15, -0.1) is 0 Å². The van der Waals surface area contributed by atoms with E-state index in [1.165, 1.54) is 0 Å². The number of nitrogens with zero attached hydrogens (tertiary/aromatic N) is 4. The number of carbonyl (C=O) groups is 3. The molecule has 14 nitrogen and oxygen atoms in total. The van der Waals surface area contributed by atoms with E-state index in [9.17, 15) is 24.7 Å². The van der Waals surface area contributed by atoms with E-state index < -0.39 is 41.5 Å². The van der Waals surface area contributed by atoms with Crippen LogP contribution in [0.5, 0.6) is 5.88 Å². The first-order chi connectivity index (χ1) is 18.8. The second-order valence-corrected chi connectivity index (χ2v) is 9.61. The molecule has 1 amide bonds. The molecule has 2 aromatic rings. The maximum absolute atomic E-state index is 13.1. The van der Waals surface area contributed by atoms with Gasteiger partial charge in [-0.25, -0.2) is 10.0 Å². The molecule has 14 heteroatoms. The number of aliphatic carboxylic acids is 1. The number of hydrogen-bond acceptors (Lipinski definition) is 11. The van der Waals surface area contributed by atoms with Gasteiger partial charge in [-0.1, -0.05) is 30.3 Å². The molecule has 2 fully saturated rings. The van der Waals surface area contributed by atoms with Crippen LogP contribution in [0.25, 0.3) is 0 Å². The number of carbonyl (C=O) groups excluding carboxylic acids is 2. The first kappa shape index (κ1) is 28.3. The summed E-state index contributed by atoms with van der Waals surface area (Å²) in [5, 5.41) is 32.2. The molecule has 3 heterocycles. The zero-order valence-corrected chi connectivity index (χ0v) is 21.6. The van der Waals surface area contributed by atoms with Crippen molar-refractivity contribution in [1.29, 1.82) is 0 Å². The van der Waals surface area contributed by atoms with Crippen LogP contribution in [0.15, 0.2) is 35.0 Å². The molecule has 2 saturated heterocycles. The van der Waals surface area contributed by atoms with Crippen molar-refractivity contribution in [3.63, 3.8) is 0 Å². The van der Waals surface area contributed by atoms with Crippen LogP contribution >= 0.6 is 0 Å². The molecule has 39 heavy (non-hydrogen) atoms. The van der Waals surface area contributed by atoms with E-state index in [2.05, 4.69) is 20.1 Å². The van der Waals surface area contributed by atoms with Crippen molar-refractivity contribution < 1.29 is 38.5 Å². The number of hydrazine groups is 1. The summed E-state index contributed by atoms with van der Waals surface area (Å²) < 4.78 is 15.0. The Bertz CT molecular complexity index is 1130. The lowest BCUT2D eigenvalue weighted by molar-refractivity contribution is -0.805. The lowest BCUT2D eigenvalue weighted by Gasteiger charge is -2.40. The fourth-order valence-electron chi connectivity index (χ4n) is 5.03. The summed E-state index contributed by atoms with van der Waals surface area (Å²) in [6.07, 6.45) is 4.06. The molecule has 0 radical (unpaired) electrons. The number of ether oxygens (including phenoxy) is 2. The SMILES string of the molecule is NC(=O)c1no[n+]([O-])c1OCCOC(=O)[C@H](CCc1ccccc1)N[C@H]1CCN2CCCCN2[C@@H](C(=O)O)C1. The van der Waals surface area contributed by atoms with Gasteiger partial charge < -0.3 is 30.8 Å². The maximum Gasteiger partial charge on any atom is 0.386 e. The third-order valence-electron chi connectivity index (χ3n) is 6.97. The van der Waals surface area contributed by atoms with E-state index in [-0.39, 0.29) is 24.2 Å². The highest BCUT2D eigenvalue weighted by Gasteiger charge is 2.38. The van der Waals surface area contributed by atoms with Crippen LogP contribution in [0.4, 0.5) is 0 Å². The number of aromatic nitrogens is 2. The van der Waals surface area contributed by atoms with Gasteiger partial charge in [0.05, 0.1) is 5.16 Å². The topological polar surface area (TPSA) is 187 Å². The molecule has 0 spiro atoms. The Morgan fingerprint density at radius 1 is 1.21 bits per heavy atom. The van der Waals surface area contributed by atoms with Crippen molar-refractivity contribution >= 4 is 17.8 Å². The zero-order valence-electron chi connectivity index (χ0n) is 21.6. The average molecular weight is 547 g/mol. The minimum absolute atomic E-state index is 0.0965. The lowest BCUT2D eigenvalue weighted by atomic mass is 10.0. The second kappa shape index (κ2) is 13.4. The van der Waals surface area contributed by atoms with Crippen LogP contribution in [-0.2, 0) is 20.7 Å². The predicted octanol–water partition coefficient (Wildman–Crippen LogP) is -0.152. The highest BCUT2D eigenvalue weighted by molar-refractivity contribution is 5.92. The number of rotatable bonds is 12. The fraction of sp³-hybridized carbons (Fsp3) is 0.560. The van der Waals surface area contributed by atoms with Gasteiger partial charge in [0.2, 0.25) is 0 Å². The zero-order chi connectivity index (χ0) is 27.8. The molecule has 1 aromatic carbocycles. The minimum Gasteiger partial charge on any atom is -0.480 e. The number of nitrogens with one attached hydrogen (secondary N) is 1. The highest BCUT2D eigenvalue weighted by atomic mass is 16.8. The van der Waals surface area contributed by atoms with Crippen molar-refractivity contribution in [2.45, 2.75) is 56.7 Å². The number of amides is 1. The van der Waals surface area contributed by atoms with Gasteiger partial charge in [0.1, 0.15) is 25.3 Å². The molecular weight excluding hydrogens is 512 g/mol. The molecular formula is C25H34N6O8. The number of fused-ring (bicyclic) bond motifs is 1. The van der Waals surface area contributed by atoms with Crippen molar-refractivity contribution in [3.8, 4) is 5.88 Å². The van der Waals surface area contributed by atoms with E-state index in [0.717, 1.165) is 24.9 Å². The Labute approximate surface area is 225 Å². The molecule has 0 saturated carbocycles. The maximum atomic E-state index is 13.1. The van der Waals surface area contributed by atoms with Crippen LogP contribution in [0, 0.1) is 5.21 Å². The Balaban J connectivity index is 1.39. The normalized spacial score (nSPS) is 20.9. The quantitative estimate of drug-likeness (QED) is 0.182. The Morgan fingerprint density at radius 3 is 2.72 bits per heavy atom. The second-order valence-electron chi connectivity index (χ2n) is 9.61. The summed E-state index contributed by atoms with van der Waals surface area (Å²) >= 11 is 0. The number of aryl methyl sites for hydroxylation is 1. The molecule has 0 aliphatic carbocycles. The number of carboxylic acid groups (broad SMARTS) is 1. The first-order valence-corrected chi connectivity index (χ1v) is 13.1. The van der Waals surface area contributed by atoms with Crippen molar-refractivity contribution in [3.05, 3.63) is 46.8 Å².